The van der Waals surface area contributed by atoms with Crippen LogP contribution >= 0.6 is 34.8 Å². The van der Waals surface area contributed by atoms with Crippen LogP contribution < -0.4 is 5.73 Å². The summed E-state index contributed by atoms with van der Waals surface area (Å²) in [5.41, 5.74) is 4.47. The predicted octanol–water partition coefficient (Wildman–Crippen LogP) is 1.48. The Kier molecular flexibility index (Phi) is 10.3. The Hall–Kier alpha value is 0.340. The summed E-state index contributed by atoms with van der Waals surface area (Å²) in [6, 6.07) is 0. The normalized spacial score (nSPS) is 7.62. The van der Waals surface area contributed by atoms with Crippen molar-refractivity contribution in [3.8, 4) is 0 Å². The summed E-state index contributed by atoms with van der Waals surface area (Å²) in [4.78, 5) is 9.22. The van der Waals surface area contributed by atoms with E-state index in [1.807, 2.05) is 0 Å². The first-order valence-electron chi connectivity index (χ1n) is 1.65. The van der Waals surface area contributed by atoms with Gasteiger partial charge in [-0.2, -0.15) is 0 Å². The third kappa shape index (κ3) is 1560. The fraction of sp³-hybridized carbons (Fsp3) is 0.667. The Labute approximate surface area is 62.9 Å². The summed E-state index contributed by atoms with van der Waals surface area (Å²) in [6.45, 7) is 1.31. The number of nitrogens with two attached hydrogens (primary N) is 1. The van der Waals surface area contributed by atoms with E-state index in [0.717, 1.165) is 0 Å². The second-order valence-electron chi connectivity index (χ2n) is 0.858. The van der Waals surface area contributed by atoms with Crippen molar-refractivity contribution in [2.45, 2.75) is 11.2 Å². The number of rotatable bonds is 0. The van der Waals surface area contributed by atoms with Crippen LogP contribution in [0.25, 0.3) is 0 Å². The number of hydrogen-bond acceptors (Lipinski definition) is 1. The molecule has 0 rings (SSSR count). The standard InChI is InChI=1S/C2H5NO.CHCl3/c1-2(3)4;2-1(3)4/h1H3,(H2,3,4);1H. The zero-order valence-electron chi connectivity index (χ0n) is 4.20. The van der Waals surface area contributed by atoms with Crippen molar-refractivity contribution in [3.05, 3.63) is 0 Å². The van der Waals surface area contributed by atoms with Gasteiger partial charge in [0, 0.05) is 6.92 Å². The number of hydrogen-bond donors (Lipinski definition) is 1. The molecule has 0 aliphatic carbocycles. The van der Waals surface area contributed by atoms with Crippen LogP contribution in [0, 0.1) is 0 Å². The van der Waals surface area contributed by atoms with Crippen molar-refractivity contribution in [2.24, 2.45) is 5.73 Å². The van der Waals surface area contributed by atoms with Gasteiger partial charge in [0.25, 0.3) is 0 Å². The monoisotopic (exact) mass is 177 g/mol. The topological polar surface area (TPSA) is 43.1 Å². The van der Waals surface area contributed by atoms with Gasteiger partial charge in [-0.05, 0) is 0 Å². The van der Waals surface area contributed by atoms with E-state index in [9.17, 15) is 4.79 Å². The summed E-state index contributed by atoms with van der Waals surface area (Å²) >= 11 is 14.4. The maximum absolute atomic E-state index is 9.22. The first-order chi connectivity index (χ1) is 3.46. The highest BCUT2D eigenvalue weighted by Gasteiger charge is 1.78. The lowest BCUT2D eigenvalue weighted by Gasteiger charge is -1.69. The number of alkyl halides is 3. The molecule has 8 heavy (non-hydrogen) atoms. The molecule has 0 aliphatic rings. The highest BCUT2D eigenvalue weighted by molar-refractivity contribution is 6.63. The van der Waals surface area contributed by atoms with Crippen LogP contribution in [0.5, 0.6) is 0 Å². The number of halogens is 3. The summed E-state index contributed by atoms with van der Waals surface area (Å²) in [5.74, 6) is -0.333. The van der Waals surface area contributed by atoms with Crippen LogP contribution in [-0.4, -0.2) is 10.2 Å². The summed E-state index contributed by atoms with van der Waals surface area (Å²) in [5, 5.41) is 0. The van der Waals surface area contributed by atoms with E-state index >= 15 is 0 Å². The molecular weight excluding hydrogens is 172 g/mol. The van der Waals surface area contributed by atoms with Gasteiger partial charge in [0.15, 0.2) is 4.30 Å². The van der Waals surface area contributed by atoms with Crippen LogP contribution in [0.2, 0.25) is 0 Å². The molecule has 0 atom stereocenters. The Morgan fingerprint density at radius 1 is 1.50 bits per heavy atom. The van der Waals surface area contributed by atoms with Crippen LogP contribution in [0.1, 0.15) is 6.92 Å². The molecule has 50 valence electrons. The van der Waals surface area contributed by atoms with E-state index in [-0.39, 0.29) is 5.91 Å². The lowest BCUT2D eigenvalue weighted by atomic mass is 10.8. The van der Waals surface area contributed by atoms with Crippen LogP contribution in [-0.2, 0) is 4.79 Å². The molecule has 5 heteroatoms. The number of carbonyl (C=O) groups excluding carboxylic acids is 1. The minimum Gasteiger partial charge on any atom is -0.370 e. The molecule has 1 amide bonds. The predicted molar refractivity (Wildman–Crippen MR) is 36.2 cm³/mol. The Balaban J connectivity index is 0. The van der Waals surface area contributed by atoms with Gasteiger partial charge in [0.2, 0.25) is 5.91 Å². The van der Waals surface area contributed by atoms with Gasteiger partial charge >= 0.3 is 0 Å². The highest BCUT2D eigenvalue weighted by atomic mass is 35.6. The van der Waals surface area contributed by atoms with Crippen molar-refractivity contribution >= 4 is 40.7 Å². The SMILES string of the molecule is CC(N)=O.ClC(Cl)Cl. The zero-order chi connectivity index (χ0) is 7.15. The number of amides is 1. The van der Waals surface area contributed by atoms with Gasteiger partial charge in [-0.3, -0.25) is 4.79 Å². The molecule has 0 radical (unpaired) electrons. The Bertz CT molecular complexity index is 58.8. The van der Waals surface area contributed by atoms with Crippen molar-refractivity contribution in [1.29, 1.82) is 0 Å². The summed E-state index contributed by atoms with van der Waals surface area (Å²) in [7, 11) is 0. The molecule has 0 saturated carbocycles. The van der Waals surface area contributed by atoms with E-state index in [4.69, 9.17) is 34.8 Å². The molecule has 0 spiro atoms. The van der Waals surface area contributed by atoms with Crippen molar-refractivity contribution in [3.63, 3.8) is 0 Å². The minimum absolute atomic E-state index is 0.333. The first-order valence-corrected chi connectivity index (χ1v) is 2.96. The van der Waals surface area contributed by atoms with Gasteiger partial charge in [-0.25, -0.2) is 0 Å². The van der Waals surface area contributed by atoms with Crippen LogP contribution in [0.4, 0.5) is 0 Å². The quantitative estimate of drug-likeness (QED) is 0.561. The first kappa shape index (κ1) is 11.2. The second-order valence-corrected chi connectivity index (χ2v) is 2.84. The molecule has 0 heterocycles. The fourth-order valence-electron chi connectivity index (χ4n) is 0. The molecule has 0 bridgehead atoms. The molecule has 0 aromatic carbocycles. The van der Waals surface area contributed by atoms with E-state index in [2.05, 4.69) is 5.73 Å². The maximum atomic E-state index is 9.22. The fourth-order valence-corrected chi connectivity index (χ4v) is 0. The van der Waals surface area contributed by atoms with Gasteiger partial charge < -0.3 is 5.73 Å². The third-order valence-corrected chi connectivity index (χ3v) is 0. The molecule has 0 aliphatic heterocycles. The van der Waals surface area contributed by atoms with Gasteiger partial charge in [-0.1, -0.05) is 34.8 Å². The van der Waals surface area contributed by atoms with Crippen molar-refractivity contribution in [2.75, 3.05) is 0 Å². The Morgan fingerprint density at radius 3 is 1.50 bits per heavy atom. The summed E-state index contributed by atoms with van der Waals surface area (Å²) < 4.78 is -0.750. The molecule has 0 unspecified atom stereocenters. The minimum atomic E-state index is -0.750. The third-order valence-electron chi connectivity index (χ3n) is 0. The van der Waals surface area contributed by atoms with E-state index < -0.39 is 4.30 Å². The largest absolute Gasteiger partial charge is 0.370 e. The second kappa shape index (κ2) is 7.34. The number of primary amides is 1. The van der Waals surface area contributed by atoms with E-state index in [1.165, 1.54) is 6.92 Å². The molecule has 2 nitrogen and oxygen atoms in total. The zero-order valence-corrected chi connectivity index (χ0v) is 6.46. The van der Waals surface area contributed by atoms with Gasteiger partial charge in [0.1, 0.15) is 0 Å². The average molecular weight is 178 g/mol. The van der Waals surface area contributed by atoms with E-state index in [0.29, 0.717) is 0 Å². The molecule has 0 saturated heterocycles. The van der Waals surface area contributed by atoms with Gasteiger partial charge in [-0.15, -0.1) is 0 Å². The van der Waals surface area contributed by atoms with E-state index in [1.54, 1.807) is 0 Å². The lowest BCUT2D eigenvalue weighted by Crippen LogP contribution is -2.01. The average Bonchev–Trinajstić information content (AvgIpc) is 1.25. The molecule has 0 fully saturated rings. The molecule has 2 N–H and O–H groups in total. The number of carbonyl (C=O) groups is 1. The smallest absolute Gasteiger partial charge is 0.214 e. The molecule has 0 aromatic heterocycles. The van der Waals surface area contributed by atoms with Gasteiger partial charge in [0.05, 0.1) is 0 Å². The van der Waals surface area contributed by atoms with Crippen LogP contribution in [0.3, 0.4) is 0 Å². The lowest BCUT2D eigenvalue weighted by molar-refractivity contribution is -0.115. The Morgan fingerprint density at radius 2 is 1.50 bits per heavy atom. The highest BCUT2D eigenvalue weighted by Crippen LogP contribution is 2.03. The molecular formula is C3H6Cl3NO. The van der Waals surface area contributed by atoms with Crippen molar-refractivity contribution in [1.82, 2.24) is 0 Å². The summed E-state index contributed by atoms with van der Waals surface area (Å²) in [6.07, 6.45) is 0. The van der Waals surface area contributed by atoms with Crippen molar-refractivity contribution < 1.29 is 4.79 Å². The maximum Gasteiger partial charge on any atom is 0.214 e. The van der Waals surface area contributed by atoms with Crippen LogP contribution in [0.15, 0.2) is 0 Å². The molecule has 0 aromatic rings.